The summed E-state index contributed by atoms with van der Waals surface area (Å²) < 4.78 is 28.5. The molecule has 5 nitrogen and oxygen atoms in total. The average molecular weight is 291 g/mol. The van der Waals surface area contributed by atoms with Crippen molar-refractivity contribution in [3.8, 4) is 5.75 Å². The molecule has 18 heavy (non-hydrogen) atoms. The zero-order valence-electron chi connectivity index (χ0n) is 9.51. The Bertz CT molecular complexity index is 591. The average Bonchev–Trinajstić information content (AvgIpc) is 2.26. The van der Waals surface area contributed by atoms with E-state index in [0.29, 0.717) is 0 Å². The number of carboxylic acids is 1. The van der Waals surface area contributed by atoms with Gasteiger partial charge in [-0.3, -0.25) is 0 Å². The summed E-state index contributed by atoms with van der Waals surface area (Å²) in [6.07, 6.45) is 0. The quantitative estimate of drug-likeness (QED) is 0.896. The summed E-state index contributed by atoms with van der Waals surface area (Å²) in [6.45, 7) is 3.30. The van der Waals surface area contributed by atoms with Crippen LogP contribution in [0.15, 0.2) is 34.7 Å². The van der Waals surface area contributed by atoms with Gasteiger partial charge in [0.25, 0.3) is 0 Å². The third-order valence-electron chi connectivity index (χ3n) is 2.11. The van der Waals surface area contributed by atoms with Gasteiger partial charge in [0.05, 0.1) is 17.8 Å². The van der Waals surface area contributed by atoms with E-state index in [1.54, 1.807) is 0 Å². The number of halogens is 1. The SMILES string of the molecule is C=C(Cl)CS(=O)(=O)c1ccc(OC)c(C(=O)O)c1. The lowest BCUT2D eigenvalue weighted by Crippen LogP contribution is -2.09. The van der Waals surface area contributed by atoms with Crippen molar-refractivity contribution in [3.63, 3.8) is 0 Å². The smallest absolute Gasteiger partial charge is 0.339 e. The molecule has 0 unspecified atom stereocenters. The maximum atomic E-state index is 11.8. The molecule has 0 saturated carbocycles. The monoisotopic (exact) mass is 290 g/mol. The van der Waals surface area contributed by atoms with Crippen LogP contribution < -0.4 is 4.74 Å². The predicted octanol–water partition coefficient (Wildman–Crippen LogP) is 1.92. The molecule has 0 aromatic heterocycles. The summed E-state index contributed by atoms with van der Waals surface area (Å²) in [5.74, 6) is -1.63. The van der Waals surface area contributed by atoms with Crippen LogP contribution in [0.4, 0.5) is 0 Å². The number of rotatable bonds is 5. The number of sulfone groups is 1. The number of hydrogen-bond donors (Lipinski definition) is 1. The second-order valence-electron chi connectivity index (χ2n) is 3.44. The van der Waals surface area contributed by atoms with Crippen molar-refractivity contribution >= 4 is 27.4 Å². The van der Waals surface area contributed by atoms with Crippen molar-refractivity contribution in [2.75, 3.05) is 12.9 Å². The third-order valence-corrected chi connectivity index (χ3v) is 4.10. The predicted molar refractivity (Wildman–Crippen MR) is 67.0 cm³/mol. The van der Waals surface area contributed by atoms with Crippen molar-refractivity contribution in [1.29, 1.82) is 0 Å². The zero-order valence-corrected chi connectivity index (χ0v) is 11.1. The van der Waals surface area contributed by atoms with Crippen LogP contribution in [0.2, 0.25) is 0 Å². The lowest BCUT2D eigenvalue weighted by Gasteiger charge is -2.08. The van der Waals surface area contributed by atoms with Gasteiger partial charge in [0.1, 0.15) is 11.3 Å². The highest BCUT2D eigenvalue weighted by atomic mass is 35.5. The Labute approximate surface area is 110 Å². The lowest BCUT2D eigenvalue weighted by atomic mass is 10.2. The van der Waals surface area contributed by atoms with Crippen molar-refractivity contribution in [2.45, 2.75) is 4.90 Å². The Balaban J connectivity index is 3.32. The molecule has 0 heterocycles. The molecule has 1 aromatic rings. The van der Waals surface area contributed by atoms with Gasteiger partial charge in [0, 0.05) is 5.03 Å². The second kappa shape index (κ2) is 5.41. The van der Waals surface area contributed by atoms with Crippen LogP contribution in [0.3, 0.4) is 0 Å². The molecule has 0 aliphatic rings. The van der Waals surface area contributed by atoms with Gasteiger partial charge in [-0.1, -0.05) is 18.2 Å². The van der Waals surface area contributed by atoms with Crippen LogP contribution in [-0.2, 0) is 9.84 Å². The minimum atomic E-state index is -3.69. The number of benzene rings is 1. The summed E-state index contributed by atoms with van der Waals surface area (Å²) in [5, 5.41) is 8.91. The van der Waals surface area contributed by atoms with Crippen molar-refractivity contribution < 1.29 is 23.1 Å². The molecule has 0 aliphatic carbocycles. The minimum Gasteiger partial charge on any atom is -0.496 e. The lowest BCUT2D eigenvalue weighted by molar-refractivity contribution is 0.0693. The first-order valence-corrected chi connectivity index (χ1v) is 6.78. The Morgan fingerprint density at radius 1 is 1.50 bits per heavy atom. The van der Waals surface area contributed by atoms with E-state index in [1.165, 1.54) is 19.2 Å². The van der Waals surface area contributed by atoms with Crippen molar-refractivity contribution in [1.82, 2.24) is 0 Å². The summed E-state index contributed by atoms with van der Waals surface area (Å²) in [5.41, 5.74) is -0.223. The fourth-order valence-corrected chi connectivity index (χ4v) is 2.92. The van der Waals surface area contributed by atoms with Crippen LogP contribution in [-0.4, -0.2) is 32.4 Å². The highest BCUT2D eigenvalue weighted by Crippen LogP contribution is 2.24. The summed E-state index contributed by atoms with van der Waals surface area (Å²) in [6, 6.07) is 3.59. The molecule has 0 radical (unpaired) electrons. The van der Waals surface area contributed by atoms with E-state index in [1.807, 2.05) is 0 Å². The molecule has 0 aliphatic heterocycles. The van der Waals surface area contributed by atoms with Gasteiger partial charge >= 0.3 is 5.97 Å². The summed E-state index contributed by atoms with van der Waals surface area (Å²) in [4.78, 5) is 10.8. The van der Waals surface area contributed by atoms with Gasteiger partial charge in [-0.25, -0.2) is 13.2 Å². The normalized spacial score (nSPS) is 11.0. The van der Waals surface area contributed by atoms with Crippen LogP contribution in [0.1, 0.15) is 10.4 Å². The third kappa shape index (κ3) is 3.24. The molecular formula is C11H11ClO5S. The van der Waals surface area contributed by atoms with Crippen LogP contribution in [0.25, 0.3) is 0 Å². The molecule has 0 saturated heterocycles. The number of carboxylic acid groups (broad SMARTS) is 1. The van der Waals surface area contributed by atoms with Gasteiger partial charge in [0.15, 0.2) is 9.84 Å². The topological polar surface area (TPSA) is 80.7 Å². The number of aromatic carboxylic acids is 1. The number of methoxy groups -OCH3 is 1. The van der Waals surface area contributed by atoms with E-state index < -0.39 is 21.6 Å². The summed E-state index contributed by atoms with van der Waals surface area (Å²) >= 11 is 5.46. The Kier molecular flexibility index (Phi) is 4.37. The van der Waals surface area contributed by atoms with Crippen molar-refractivity contribution in [2.24, 2.45) is 0 Å². The second-order valence-corrected chi connectivity index (χ2v) is 5.97. The molecule has 7 heteroatoms. The van der Waals surface area contributed by atoms with E-state index in [0.717, 1.165) is 6.07 Å². The maximum Gasteiger partial charge on any atom is 0.339 e. The standard InChI is InChI=1S/C11H11ClO5S/c1-7(12)6-18(15,16)8-3-4-10(17-2)9(5-8)11(13)14/h3-5H,1,6H2,2H3,(H,13,14). The van der Waals surface area contributed by atoms with Crippen LogP contribution in [0, 0.1) is 0 Å². The van der Waals surface area contributed by atoms with Gasteiger partial charge < -0.3 is 9.84 Å². The Morgan fingerprint density at radius 2 is 2.11 bits per heavy atom. The van der Waals surface area contributed by atoms with Gasteiger partial charge in [-0.15, -0.1) is 0 Å². The molecule has 1 rings (SSSR count). The molecule has 0 bridgehead atoms. The molecule has 0 spiro atoms. The number of ether oxygens (including phenoxy) is 1. The Hall–Kier alpha value is -1.53. The van der Waals surface area contributed by atoms with E-state index >= 15 is 0 Å². The van der Waals surface area contributed by atoms with Crippen LogP contribution in [0.5, 0.6) is 5.75 Å². The highest BCUT2D eigenvalue weighted by Gasteiger charge is 2.20. The first-order valence-electron chi connectivity index (χ1n) is 4.75. The molecule has 98 valence electrons. The highest BCUT2D eigenvalue weighted by molar-refractivity contribution is 7.91. The molecule has 0 atom stereocenters. The van der Waals surface area contributed by atoms with E-state index in [-0.39, 0.29) is 21.2 Å². The summed E-state index contributed by atoms with van der Waals surface area (Å²) in [7, 11) is -2.39. The van der Waals surface area contributed by atoms with Crippen LogP contribution >= 0.6 is 11.6 Å². The van der Waals surface area contributed by atoms with Crippen molar-refractivity contribution in [3.05, 3.63) is 35.4 Å². The molecule has 1 N–H and O–H groups in total. The van der Waals surface area contributed by atoms with Gasteiger partial charge in [0.2, 0.25) is 0 Å². The Morgan fingerprint density at radius 3 is 2.56 bits per heavy atom. The molecule has 0 fully saturated rings. The molecule has 0 amide bonds. The maximum absolute atomic E-state index is 11.8. The van der Waals surface area contributed by atoms with Gasteiger partial charge in [-0.2, -0.15) is 0 Å². The number of carbonyl (C=O) groups is 1. The molecular weight excluding hydrogens is 280 g/mol. The first-order chi connectivity index (χ1) is 8.27. The van der Waals surface area contributed by atoms with Gasteiger partial charge in [-0.05, 0) is 18.2 Å². The fraction of sp³-hybridized carbons (Fsp3) is 0.182. The molecule has 1 aromatic carbocycles. The largest absolute Gasteiger partial charge is 0.496 e. The zero-order chi connectivity index (χ0) is 13.9. The fourth-order valence-electron chi connectivity index (χ4n) is 1.34. The first kappa shape index (κ1) is 14.5. The number of hydrogen-bond acceptors (Lipinski definition) is 4. The van der Waals surface area contributed by atoms with E-state index in [4.69, 9.17) is 21.4 Å². The van der Waals surface area contributed by atoms with E-state index in [2.05, 4.69) is 6.58 Å². The minimum absolute atomic E-state index is 0.0392. The van der Waals surface area contributed by atoms with E-state index in [9.17, 15) is 13.2 Å².